The highest BCUT2D eigenvalue weighted by Gasteiger charge is 2.34. The molecule has 0 aromatic heterocycles. The van der Waals surface area contributed by atoms with Gasteiger partial charge in [0.2, 0.25) is 0 Å². The number of hydrogen-bond donors (Lipinski definition) is 1. The Bertz CT molecular complexity index is 445. The van der Waals surface area contributed by atoms with E-state index in [2.05, 4.69) is 18.3 Å². The summed E-state index contributed by atoms with van der Waals surface area (Å²) < 4.78 is 5.17. The van der Waals surface area contributed by atoms with Crippen LogP contribution >= 0.6 is 0 Å². The molecule has 1 heterocycles. The van der Waals surface area contributed by atoms with E-state index in [9.17, 15) is 4.79 Å². The van der Waals surface area contributed by atoms with E-state index < -0.39 is 0 Å². The second kappa shape index (κ2) is 5.40. The fourth-order valence-corrected chi connectivity index (χ4v) is 2.35. The minimum Gasteiger partial charge on any atom is -0.447 e. The molecule has 1 fully saturated rings. The van der Waals surface area contributed by atoms with E-state index >= 15 is 0 Å². The molecule has 1 aromatic carbocycles. The molecule has 4 heteroatoms. The molecular weight excluding hydrogens is 228 g/mol. The first-order valence-corrected chi connectivity index (χ1v) is 6.31. The van der Waals surface area contributed by atoms with Crippen LogP contribution < -0.4 is 10.2 Å². The first kappa shape index (κ1) is 12.9. The maximum Gasteiger partial charge on any atom is 0.414 e. The quantitative estimate of drug-likeness (QED) is 0.888. The van der Waals surface area contributed by atoms with Gasteiger partial charge in [0.15, 0.2) is 0 Å². The first-order valence-electron chi connectivity index (χ1n) is 6.31. The Labute approximate surface area is 108 Å². The zero-order valence-electron chi connectivity index (χ0n) is 11.2. The van der Waals surface area contributed by atoms with Crippen LogP contribution in [0.25, 0.3) is 0 Å². The van der Waals surface area contributed by atoms with Crippen molar-refractivity contribution in [3.05, 3.63) is 29.3 Å². The molecule has 0 aliphatic carbocycles. The minimum atomic E-state index is -0.233. The van der Waals surface area contributed by atoms with Crippen LogP contribution in [0, 0.1) is 13.8 Å². The lowest BCUT2D eigenvalue weighted by molar-refractivity contribution is 0.178. The first-order chi connectivity index (χ1) is 8.63. The maximum atomic E-state index is 11.9. The summed E-state index contributed by atoms with van der Waals surface area (Å²) >= 11 is 0. The summed E-state index contributed by atoms with van der Waals surface area (Å²) in [4.78, 5) is 13.7. The standard InChI is InChI=1S/C14H20N2O2/c1-10-4-5-13(11(2)8-10)16-12(6-7-15-3)9-18-14(16)17/h4-5,8,12,15H,6-7,9H2,1-3H3. The molecule has 0 radical (unpaired) electrons. The molecule has 18 heavy (non-hydrogen) atoms. The number of nitrogens with one attached hydrogen (secondary N) is 1. The van der Waals surface area contributed by atoms with Gasteiger partial charge >= 0.3 is 6.09 Å². The number of nitrogens with zero attached hydrogens (tertiary/aromatic N) is 1. The summed E-state index contributed by atoms with van der Waals surface area (Å²) in [6.07, 6.45) is 0.665. The van der Waals surface area contributed by atoms with Crippen molar-refractivity contribution < 1.29 is 9.53 Å². The maximum absolute atomic E-state index is 11.9. The van der Waals surface area contributed by atoms with Gasteiger partial charge in [-0.2, -0.15) is 0 Å². The van der Waals surface area contributed by atoms with E-state index in [4.69, 9.17) is 4.74 Å². The van der Waals surface area contributed by atoms with Crippen molar-refractivity contribution in [2.45, 2.75) is 26.3 Å². The van der Waals surface area contributed by atoms with Gasteiger partial charge in [-0.15, -0.1) is 0 Å². The van der Waals surface area contributed by atoms with Crippen LogP contribution in [0.2, 0.25) is 0 Å². The Balaban J connectivity index is 2.25. The molecule has 0 saturated carbocycles. The van der Waals surface area contributed by atoms with Crippen molar-refractivity contribution in [1.82, 2.24) is 5.32 Å². The van der Waals surface area contributed by atoms with Crippen LogP contribution in [-0.4, -0.2) is 32.3 Å². The molecule has 1 unspecified atom stereocenters. The van der Waals surface area contributed by atoms with E-state index in [-0.39, 0.29) is 12.1 Å². The van der Waals surface area contributed by atoms with E-state index in [0.717, 1.165) is 24.2 Å². The second-order valence-electron chi connectivity index (χ2n) is 4.78. The average molecular weight is 248 g/mol. The molecule has 1 aliphatic rings. The zero-order chi connectivity index (χ0) is 13.1. The van der Waals surface area contributed by atoms with Crippen molar-refractivity contribution >= 4 is 11.8 Å². The third-order valence-corrected chi connectivity index (χ3v) is 3.30. The molecule has 1 atom stereocenters. The summed E-state index contributed by atoms with van der Waals surface area (Å²) in [6, 6.07) is 6.26. The number of cyclic esters (lactones) is 1. The third-order valence-electron chi connectivity index (χ3n) is 3.30. The van der Waals surface area contributed by atoms with Crippen LogP contribution in [-0.2, 0) is 4.74 Å². The Morgan fingerprint density at radius 1 is 1.44 bits per heavy atom. The molecule has 1 amide bonds. The van der Waals surface area contributed by atoms with Gasteiger partial charge in [-0.3, -0.25) is 4.90 Å². The van der Waals surface area contributed by atoms with Gasteiger partial charge < -0.3 is 10.1 Å². The number of aryl methyl sites for hydroxylation is 2. The third kappa shape index (κ3) is 2.48. The molecule has 1 aliphatic heterocycles. The SMILES string of the molecule is CNCCC1COC(=O)N1c1ccc(C)cc1C. The smallest absolute Gasteiger partial charge is 0.414 e. The number of benzene rings is 1. The van der Waals surface area contributed by atoms with Gasteiger partial charge in [-0.05, 0) is 45.5 Å². The molecular formula is C14H20N2O2. The van der Waals surface area contributed by atoms with Crippen LogP contribution in [0.5, 0.6) is 0 Å². The number of amides is 1. The van der Waals surface area contributed by atoms with Crippen LogP contribution in [0.3, 0.4) is 0 Å². The van der Waals surface area contributed by atoms with Gasteiger partial charge in [-0.25, -0.2) is 4.79 Å². The Morgan fingerprint density at radius 3 is 2.89 bits per heavy atom. The zero-order valence-corrected chi connectivity index (χ0v) is 11.2. The van der Waals surface area contributed by atoms with E-state index in [1.165, 1.54) is 5.56 Å². The fourth-order valence-electron chi connectivity index (χ4n) is 2.35. The Morgan fingerprint density at radius 2 is 2.22 bits per heavy atom. The Hall–Kier alpha value is -1.55. The molecule has 1 N–H and O–H groups in total. The van der Waals surface area contributed by atoms with Crippen molar-refractivity contribution in [3.63, 3.8) is 0 Å². The molecule has 1 saturated heterocycles. The highest BCUT2D eigenvalue weighted by Crippen LogP contribution is 2.28. The average Bonchev–Trinajstić information content (AvgIpc) is 2.68. The van der Waals surface area contributed by atoms with E-state index in [1.54, 1.807) is 4.90 Å². The molecule has 98 valence electrons. The van der Waals surface area contributed by atoms with Gasteiger partial charge in [0.05, 0.1) is 11.7 Å². The molecule has 4 nitrogen and oxygen atoms in total. The van der Waals surface area contributed by atoms with Gasteiger partial charge in [-0.1, -0.05) is 17.7 Å². The number of rotatable bonds is 4. The highest BCUT2D eigenvalue weighted by atomic mass is 16.6. The monoisotopic (exact) mass is 248 g/mol. The largest absolute Gasteiger partial charge is 0.447 e. The number of hydrogen-bond acceptors (Lipinski definition) is 3. The van der Waals surface area contributed by atoms with Crippen molar-refractivity contribution in [1.29, 1.82) is 0 Å². The van der Waals surface area contributed by atoms with Crippen LogP contribution in [0.4, 0.5) is 10.5 Å². The predicted molar refractivity (Wildman–Crippen MR) is 72.1 cm³/mol. The Kier molecular flexibility index (Phi) is 3.87. The summed E-state index contributed by atoms with van der Waals surface area (Å²) in [5.74, 6) is 0. The van der Waals surface area contributed by atoms with Crippen molar-refractivity contribution in [3.8, 4) is 0 Å². The molecule has 0 spiro atoms. The van der Waals surface area contributed by atoms with Crippen LogP contribution in [0.1, 0.15) is 17.5 Å². The molecule has 0 bridgehead atoms. The number of anilines is 1. The fraction of sp³-hybridized carbons (Fsp3) is 0.500. The summed E-state index contributed by atoms with van der Waals surface area (Å²) in [5.41, 5.74) is 3.28. The molecule has 1 aromatic rings. The number of carbonyl (C=O) groups excluding carboxylic acids is 1. The van der Waals surface area contributed by atoms with Crippen molar-refractivity contribution in [2.24, 2.45) is 0 Å². The highest BCUT2D eigenvalue weighted by molar-refractivity contribution is 5.91. The predicted octanol–water partition coefficient (Wildman–Crippen LogP) is 2.24. The summed E-state index contributed by atoms with van der Waals surface area (Å²) in [7, 11) is 1.92. The minimum absolute atomic E-state index is 0.131. The lowest BCUT2D eigenvalue weighted by atomic mass is 10.1. The van der Waals surface area contributed by atoms with Gasteiger partial charge in [0.1, 0.15) is 6.61 Å². The second-order valence-corrected chi connectivity index (χ2v) is 4.78. The molecule has 2 rings (SSSR count). The van der Waals surface area contributed by atoms with E-state index in [0.29, 0.717) is 6.61 Å². The number of ether oxygens (including phenoxy) is 1. The van der Waals surface area contributed by atoms with Crippen LogP contribution in [0.15, 0.2) is 18.2 Å². The van der Waals surface area contributed by atoms with Gasteiger partial charge in [0.25, 0.3) is 0 Å². The number of carbonyl (C=O) groups is 1. The summed E-state index contributed by atoms with van der Waals surface area (Å²) in [6.45, 7) is 5.44. The topological polar surface area (TPSA) is 41.6 Å². The lowest BCUT2D eigenvalue weighted by Gasteiger charge is -2.23. The van der Waals surface area contributed by atoms with E-state index in [1.807, 2.05) is 26.1 Å². The normalized spacial score (nSPS) is 19.2. The summed E-state index contributed by atoms with van der Waals surface area (Å²) in [5, 5.41) is 3.11. The lowest BCUT2D eigenvalue weighted by Crippen LogP contribution is -2.35. The van der Waals surface area contributed by atoms with Gasteiger partial charge in [0, 0.05) is 0 Å². The van der Waals surface area contributed by atoms with Crippen molar-refractivity contribution in [2.75, 3.05) is 25.1 Å².